The molecule has 0 radical (unpaired) electrons. The van der Waals surface area contributed by atoms with Crippen molar-refractivity contribution in [2.24, 2.45) is 5.92 Å². The SMILES string of the molecule is CCc1cnc(C)nc1N1CCCC(C(=O)c2ccc(OC)c(OC)c2)C1. The summed E-state index contributed by atoms with van der Waals surface area (Å²) in [5.74, 6) is 3.02. The number of hydrogen-bond donors (Lipinski definition) is 0. The molecule has 6 heteroatoms. The summed E-state index contributed by atoms with van der Waals surface area (Å²) in [5.41, 5.74) is 1.79. The number of carbonyl (C=O) groups excluding carboxylic acids is 1. The van der Waals surface area contributed by atoms with Gasteiger partial charge in [0.1, 0.15) is 11.6 Å². The molecule has 1 aromatic heterocycles. The van der Waals surface area contributed by atoms with Crippen LogP contribution in [0.5, 0.6) is 11.5 Å². The Kier molecular flexibility index (Phi) is 5.94. The summed E-state index contributed by atoms with van der Waals surface area (Å²) in [6.07, 6.45) is 4.63. The van der Waals surface area contributed by atoms with Crippen molar-refractivity contribution in [3.05, 3.63) is 41.3 Å². The van der Waals surface area contributed by atoms with Crippen LogP contribution < -0.4 is 14.4 Å². The number of aromatic nitrogens is 2. The molecule has 1 saturated heterocycles. The van der Waals surface area contributed by atoms with Crippen molar-refractivity contribution in [2.75, 3.05) is 32.2 Å². The Morgan fingerprint density at radius 2 is 2.04 bits per heavy atom. The Morgan fingerprint density at radius 3 is 2.74 bits per heavy atom. The summed E-state index contributed by atoms with van der Waals surface area (Å²) in [7, 11) is 3.17. The summed E-state index contributed by atoms with van der Waals surface area (Å²) in [4.78, 5) is 24.3. The van der Waals surface area contributed by atoms with E-state index >= 15 is 0 Å². The van der Waals surface area contributed by atoms with Crippen LogP contribution in [-0.2, 0) is 6.42 Å². The van der Waals surface area contributed by atoms with Crippen LogP contribution in [0.2, 0.25) is 0 Å². The molecule has 27 heavy (non-hydrogen) atoms. The van der Waals surface area contributed by atoms with E-state index in [0.717, 1.165) is 43.0 Å². The summed E-state index contributed by atoms with van der Waals surface area (Å²) in [6.45, 7) is 5.60. The van der Waals surface area contributed by atoms with E-state index in [2.05, 4.69) is 21.8 Å². The first-order valence-electron chi connectivity index (χ1n) is 9.41. The molecule has 144 valence electrons. The van der Waals surface area contributed by atoms with Gasteiger partial charge in [-0.15, -0.1) is 0 Å². The monoisotopic (exact) mass is 369 g/mol. The lowest BCUT2D eigenvalue weighted by Crippen LogP contribution is -2.39. The van der Waals surface area contributed by atoms with Crippen molar-refractivity contribution in [2.45, 2.75) is 33.1 Å². The average Bonchev–Trinajstić information content (AvgIpc) is 2.72. The molecule has 6 nitrogen and oxygen atoms in total. The Morgan fingerprint density at radius 1 is 1.26 bits per heavy atom. The number of hydrogen-bond acceptors (Lipinski definition) is 6. The van der Waals surface area contributed by atoms with Gasteiger partial charge in [-0.05, 0) is 44.4 Å². The van der Waals surface area contributed by atoms with Gasteiger partial charge in [0.05, 0.1) is 14.2 Å². The van der Waals surface area contributed by atoms with Crippen LogP contribution in [0.1, 0.15) is 41.5 Å². The molecule has 1 aromatic carbocycles. The minimum atomic E-state index is -0.0585. The highest BCUT2D eigenvalue weighted by atomic mass is 16.5. The maximum absolute atomic E-state index is 13.1. The Hall–Kier alpha value is -2.63. The van der Waals surface area contributed by atoms with E-state index in [-0.39, 0.29) is 11.7 Å². The van der Waals surface area contributed by atoms with Gasteiger partial charge in [0.15, 0.2) is 17.3 Å². The largest absolute Gasteiger partial charge is 0.493 e. The second kappa shape index (κ2) is 8.37. The van der Waals surface area contributed by atoms with Gasteiger partial charge >= 0.3 is 0 Å². The Bertz CT molecular complexity index is 822. The van der Waals surface area contributed by atoms with Crippen molar-refractivity contribution in [3.63, 3.8) is 0 Å². The molecule has 3 rings (SSSR count). The van der Waals surface area contributed by atoms with Crippen molar-refractivity contribution in [3.8, 4) is 11.5 Å². The zero-order valence-electron chi connectivity index (χ0n) is 16.5. The number of rotatable bonds is 6. The molecule has 0 aliphatic carbocycles. The number of ether oxygens (including phenoxy) is 2. The molecule has 2 heterocycles. The van der Waals surface area contributed by atoms with Crippen LogP contribution in [-0.4, -0.2) is 43.1 Å². The van der Waals surface area contributed by atoms with Gasteiger partial charge in [0.2, 0.25) is 0 Å². The number of methoxy groups -OCH3 is 2. The van der Waals surface area contributed by atoms with E-state index in [0.29, 0.717) is 23.6 Å². The smallest absolute Gasteiger partial charge is 0.167 e. The van der Waals surface area contributed by atoms with Gasteiger partial charge in [-0.1, -0.05) is 6.92 Å². The maximum Gasteiger partial charge on any atom is 0.167 e. The first-order chi connectivity index (χ1) is 13.1. The minimum absolute atomic E-state index is 0.0585. The number of anilines is 1. The molecule has 1 unspecified atom stereocenters. The quantitative estimate of drug-likeness (QED) is 0.727. The fourth-order valence-electron chi connectivity index (χ4n) is 3.61. The first-order valence-corrected chi connectivity index (χ1v) is 9.41. The summed E-state index contributed by atoms with van der Waals surface area (Å²) >= 11 is 0. The topological polar surface area (TPSA) is 64.6 Å². The highest BCUT2D eigenvalue weighted by Crippen LogP contribution is 2.31. The molecule has 0 saturated carbocycles. The van der Waals surface area contributed by atoms with Gasteiger partial charge in [-0.2, -0.15) is 0 Å². The predicted molar refractivity (Wildman–Crippen MR) is 105 cm³/mol. The molecule has 0 spiro atoms. The van der Waals surface area contributed by atoms with Gasteiger partial charge in [-0.3, -0.25) is 4.79 Å². The highest BCUT2D eigenvalue weighted by molar-refractivity contribution is 5.99. The second-order valence-corrected chi connectivity index (χ2v) is 6.84. The van der Waals surface area contributed by atoms with Crippen molar-refractivity contribution < 1.29 is 14.3 Å². The van der Waals surface area contributed by atoms with Crippen LogP contribution in [0, 0.1) is 12.8 Å². The van der Waals surface area contributed by atoms with E-state index in [1.807, 2.05) is 19.2 Å². The van der Waals surface area contributed by atoms with Gasteiger partial charge in [-0.25, -0.2) is 9.97 Å². The number of nitrogens with zero attached hydrogens (tertiary/aromatic N) is 3. The van der Waals surface area contributed by atoms with Crippen molar-refractivity contribution in [1.29, 1.82) is 0 Å². The Balaban J connectivity index is 1.82. The number of aryl methyl sites for hydroxylation is 2. The van der Waals surface area contributed by atoms with Crippen molar-refractivity contribution >= 4 is 11.6 Å². The van der Waals surface area contributed by atoms with E-state index in [1.165, 1.54) is 0 Å². The third-order valence-corrected chi connectivity index (χ3v) is 5.10. The van der Waals surface area contributed by atoms with Gasteiger partial charge in [0.25, 0.3) is 0 Å². The zero-order chi connectivity index (χ0) is 19.4. The number of ketones is 1. The van der Waals surface area contributed by atoms with E-state index in [1.54, 1.807) is 26.4 Å². The molecular formula is C21H27N3O3. The van der Waals surface area contributed by atoms with Gasteiger partial charge in [0, 0.05) is 36.3 Å². The summed E-state index contributed by atoms with van der Waals surface area (Å²) < 4.78 is 10.6. The van der Waals surface area contributed by atoms with Crippen LogP contribution in [0.25, 0.3) is 0 Å². The maximum atomic E-state index is 13.1. The zero-order valence-corrected chi connectivity index (χ0v) is 16.5. The molecular weight excluding hydrogens is 342 g/mol. The first kappa shape index (κ1) is 19.1. The third kappa shape index (κ3) is 4.04. The minimum Gasteiger partial charge on any atom is -0.493 e. The predicted octanol–water partition coefficient (Wildman–Crippen LogP) is 3.46. The van der Waals surface area contributed by atoms with E-state index < -0.39 is 0 Å². The summed E-state index contributed by atoms with van der Waals surface area (Å²) in [6, 6.07) is 5.37. The lowest BCUT2D eigenvalue weighted by atomic mass is 9.89. The van der Waals surface area contributed by atoms with Crippen LogP contribution >= 0.6 is 0 Å². The number of carbonyl (C=O) groups is 1. The molecule has 0 bridgehead atoms. The summed E-state index contributed by atoms with van der Waals surface area (Å²) in [5, 5.41) is 0. The molecule has 0 amide bonds. The normalized spacial score (nSPS) is 16.9. The molecule has 1 aliphatic heterocycles. The van der Waals surface area contributed by atoms with Crippen LogP contribution in [0.15, 0.2) is 24.4 Å². The Labute approximate surface area is 160 Å². The van der Waals surface area contributed by atoms with E-state index in [9.17, 15) is 4.79 Å². The lowest BCUT2D eigenvalue weighted by molar-refractivity contribution is 0.0906. The number of benzene rings is 1. The standard InChI is InChI=1S/C21H27N3O3/c1-5-15-12-22-14(2)23-21(15)24-10-6-7-17(13-24)20(25)16-8-9-18(26-3)19(11-16)27-4/h8-9,11-12,17H,5-7,10,13H2,1-4H3. The second-order valence-electron chi connectivity index (χ2n) is 6.84. The molecule has 1 fully saturated rings. The molecule has 0 N–H and O–H groups in total. The average molecular weight is 369 g/mol. The fraction of sp³-hybridized carbons (Fsp3) is 0.476. The van der Waals surface area contributed by atoms with E-state index in [4.69, 9.17) is 9.47 Å². The molecule has 1 aliphatic rings. The highest BCUT2D eigenvalue weighted by Gasteiger charge is 2.29. The molecule has 1 atom stereocenters. The van der Waals surface area contributed by atoms with Crippen molar-refractivity contribution in [1.82, 2.24) is 9.97 Å². The number of Topliss-reactive ketones (excluding diaryl/α,β-unsaturated/α-hetero) is 1. The van der Waals surface area contributed by atoms with Crippen LogP contribution in [0.3, 0.4) is 0 Å². The third-order valence-electron chi connectivity index (χ3n) is 5.10. The molecule has 2 aromatic rings. The number of piperidine rings is 1. The van der Waals surface area contributed by atoms with Crippen LogP contribution in [0.4, 0.5) is 5.82 Å². The lowest BCUT2D eigenvalue weighted by Gasteiger charge is -2.34. The van der Waals surface area contributed by atoms with Gasteiger partial charge < -0.3 is 14.4 Å². The fourth-order valence-corrected chi connectivity index (χ4v) is 3.61.